The van der Waals surface area contributed by atoms with Crippen molar-refractivity contribution in [1.29, 1.82) is 0 Å². The molecule has 1 amide bonds. The van der Waals surface area contributed by atoms with Crippen molar-refractivity contribution >= 4 is 60.8 Å². The number of allylic oxidation sites excluding steroid dienone is 2. The number of phenolic OH excluding ortho intramolecular Hbond substituents is 2. The van der Waals surface area contributed by atoms with Crippen molar-refractivity contribution in [2.75, 3.05) is 24.8 Å². The minimum atomic E-state index is -1.94. The van der Waals surface area contributed by atoms with Crippen LogP contribution in [0.25, 0.3) is 21.0 Å². The molecule has 9 unspecified atom stereocenters. The second-order valence-corrected chi connectivity index (χ2v) is 15.3. The topological polar surface area (TPSA) is 206 Å². The van der Waals surface area contributed by atoms with Gasteiger partial charge in [-0.1, -0.05) is 57.3 Å². The molecule has 0 radical (unpaired) electrons. The Kier molecular flexibility index (Phi) is 11.7. The van der Waals surface area contributed by atoms with Crippen LogP contribution in [0.5, 0.6) is 17.2 Å². The summed E-state index contributed by atoms with van der Waals surface area (Å²) in [7, 11) is 3.11. The molecule has 14 nitrogen and oxygen atoms in total. The van der Waals surface area contributed by atoms with E-state index in [0.717, 1.165) is 11.3 Å². The van der Waals surface area contributed by atoms with Crippen LogP contribution in [-0.4, -0.2) is 87.4 Å². The van der Waals surface area contributed by atoms with Gasteiger partial charge in [-0.2, -0.15) is 0 Å². The maximum Gasteiger partial charge on any atom is 0.312 e. The average molecular weight is 768 g/mol. The second kappa shape index (κ2) is 15.6. The zero-order valence-corrected chi connectivity index (χ0v) is 32.8. The van der Waals surface area contributed by atoms with Crippen LogP contribution in [0.15, 0.2) is 36.1 Å². The molecule has 3 aromatic rings. The van der Waals surface area contributed by atoms with E-state index in [1.54, 1.807) is 59.9 Å². The van der Waals surface area contributed by atoms with Crippen LogP contribution in [-0.2, 0) is 23.8 Å². The van der Waals surface area contributed by atoms with Crippen molar-refractivity contribution < 1.29 is 53.8 Å². The smallest absolute Gasteiger partial charge is 0.312 e. The molecule has 2 aliphatic heterocycles. The van der Waals surface area contributed by atoms with Crippen molar-refractivity contribution in [3.05, 3.63) is 47.3 Å². The van der Waals surface area contributed by atoms with Gasteiger partial charge in [0.2, 0.25) is 0 Å². The summed E-state index contributed by atoms with van der Waals surface area (Å²) in [6.07, 6.45) is 3.89. The number of esters is 1. The Labute approximate surface area is 317 Å². The number of ketones is 1. The third-order valence-electron chi connectivity index (χ3n) is 10.6. The van der Waals surface area contributed by atoms with E-state index >= 15 is 0 Å². The monoisotopic (exact) mass is 767 g/mol. The minimum absolute atomic E-state index is 0.0110. The number of phenols is 2. The third kappa shape index (κ3) is 7.12. The van der Waals surface area contributed by atoms with Gasteiger partial charge in [0.1, 0.15) is 23.3 Å². The highest BCUT2D eigenvalue weighted by molar-refractivity contribution is 7.23. The number of nitrogens with one attached hydrogen (secondary N) is 2. The van der Waals surface area contributed by atoms with Gasteiger partial charge in [-0.25, -0.2) is 4.98 Å². The van der Waals surface area contributed by atoms with Gasteiger partial charge in [-0.3, -0.25) is 14.4 Å². The van der Waals surface area contributed by atoms with Gasteiger partial charge in [0, 0.05) is 68.2 Å². The molecule has 1 aromatic heterocycles. The van der Waals surface area contributed by atoms with Gasteiger partial charge in [-0.05, 0) is 19.9 Å². The SMILES string of the molecule is CNc1nc2c(s1)c1c(O)c3c(O)c(C)c4c(c32)C(=O)C(C)(OC=CC(OC)C(C)C(OC(C)=O)C(C)C(O)C(C)C(O)C(C)C=CC=C(C)C(=O)N1)O4. The Hall–Kier alpha value is -4.70. The minimum Gasteiger partial charge on any atom is -0.507 e. The average Bonchev–Trinajstić information content (AvgIpc) is 3.68. The standard InChI is InChI=1S/C39H49N3O11S/c1-16-12-11-13-17(2)37(49)41-28-32(47)25-24(27-35(28)54-38(40-9)42-27)26-34(21(6)31(25)46)53-39(8,36(26)48)51-15-14-23(50-10)18(3)33(52-22(7)43)20(5)30(45)19(4)29(16)44/h11-16,18-20,23,29-30,33,44-47H,1-10H3,(H,40,42)(H,41,49). The fourth-order valence-corrected chi connectivity index (χ4v) is 8.16. The lowest BCUT2D eigenvalue weighted by molar-refractivity contribution is -0.160. The number of hydrogen-bond acceptors (Lipinski definition) is 14. The van der Waals surface area contributed by atoms with Crippen molar-refractivity contribution in [1.82, 2.24) is 4.98 Å². The number of aromatic nitrogens is 1. The fraction of sp³-hybridized carbons (Fsp3) is 0.487. The highest BCUT2D eigenvalue weighted by atomic mass is 32.1. The number of anilines is 2. The quantitative estimate of drug-likeness (QED) is 0.140. The number of methoxy groups -OCH3 is 1. The fourth-order valence-electron chi connectivity index (χ4n) is 7.23. The van der Waals surface area contributed by atoms with Crippen LogP contribution in [0.3, 0.4) is 0 Å². The number of nitrogens with zero attached hydrogens (tertiary/aromatic N) is 1. The van der Waals surface area contributed by atoms with E-state index in [1.165, 1.54) is 40.2 Å². The summed E-state index contributed by atoms with van der Waals surface area (Å²) >= 11 is 1.12. The molecule has 292 valence electrons. The zero-order chi connectivity index (χ0) is 40.0. The third-order valence-corrected chi connectivity index (χ3v) is 11.7. The first kappa shape index (κ1) is 40.5. The van der Waals surface area contributed by atoms with E-state index in [-0.39, 0.29) is 50.2 Å². The molecule has 0 saturated carbocycles. The maximum absolute atomic E-state index is 14.4. The lowest BCUT2D eigenvalue weighted by Crippen LogP contribution is -2.46. The van der Waals surface area contributed by atoms with E-state index < -0.39 is 77.3 Å². The van der Waals surface area contributed by atoms with E-state index in [1.807, 2.05) is 0 Å². The van der Waals surface area contributed by atoms with Gasteiger partial charge in [0.15, 0.2) is 10.9 Å². The van der Waals surface area contributed by atoms with Gasteiger partial charge in [0.05, 0.1) is 45.7 Å². The molecule has 2 aliphatic rings. The molecular weight excluding hydrogens is 719 g/mol. The Morgan fingerprint density at radius 3 is 2.33 bits per heavy atom. The predicted molar refractivity (Wildman–Crippen MR) is 205 cm³/mol. The Balaban J connectivity index is 1.71. The van der Waals surface area contributed by atoms with Crippen molar-refractivity contribution in [2.45, 2.75) is 85.6 Å². The molecule has 6 N–H and O–H groups in total. The van der Waals surface area contributed by atoms with Crippen molar-refractivity contribution in [3.63, 3.8) is 0 Å². The van der Waals surface area contributed by atoms with Gasteiger partial charge in [0.25, 0.3) is 11.7 Å². The summed E-state index contributed by atoms with van der Waals surface area (Å²) in [4.78, 5) is 44.9. The number of aliphatic hydroxyl groups is 2. The number of aliphatic hydroxyl groups excluding tert-OH is 2. The number of hydrogen-bond donors (Lipinski definition) is 6. The Morgan fingerprint density at radius 1 is 1.02 bits per heavy atom. The summed E-state index contributed by atoms with van der Waals surface area (Å²) in [5.74, 6) is -6.86. The maximum atomic E-state index is 14.4. The molecular formula is C39H49N3O11S. The molecule has 2 aromatic carbocycles. The number of aromatic hydroxyl groups is 2. The molecule has 0 saturated heterocycles. The van der Waals surface area contributed by atoms with Crippen LogP contribution >= 0.6 is 11.3 Å². The van der Waals surface area contributed by atoms with E-state index in [9.17, 15) is 34.8 Å². The number of thiazole rings is 1. The van der Waals surface area contributed by atoms with Crippen LogP contribution in [0.4, 0.5) is 10.8 Å². The Bertz CT molecular complexity index is 2070. The molecule has 4 bridgehead atoms. The lowest BCUT2D eigenvalue weighted by Gasteiger charge is -2.38. The molecule has 0 aliphatic carbocycles. The van der Waals surface area contributed by atoms with Crippen LogP contribution in [0.1, 0.15) is 64.4 Å². The highest BCUT2D eigenvalue weighted by Crippen LogP contribution is 2.55. The predicted octanol–water partition coefficient (Wildman–Crippen LogP) is 5.70. The van der Waals surface area contributed by atoms with Gasteiger partial charge >= 0.3 is 11.8 Å². The molecule has 5 rings (SSSR count). The van der Waals surface area contributed by atoms with E-state index in [2.05, 4.69) is 15.6 Å². The molecule has 9 atom stereocenters. The van der Waals surface area contributed by atoms with Crippen molar-refractivity contribution in [3.8, 4) is 17.2 Å². The molecule has 54 heavy (non-hydrogen) atoms. The Morgan fingerprint density at radius 2 is 1.70 bits per heavy atom. The first-order valence-electron chi connectivity index (χ1n) is 17.7. The zero-order valence-electron chi connectivity index (χ0n) is 32.0. The van der Waals surface area contributed by atoms with E-state index in [4.69, 9.17) is 18.9 Å². The number of carbonyl (C=O) groups excluding carboxylic acids is 3. The number of rotatable bonds is 3. The van der Waals surface area contributed by atoms with Crippen molar-refractivity contribution in [2.24, 2.45) is 23.7 Å². The summed E-state index contributed by atoms with van der Waals surface area (Å²) in [5.41, 5.74) is 0.640. The van der Waals surface area contributed by atoms with Gasteiger partial charge < -0.3 is 50.0 Å². The van der Waals surface area contributed by atoms with E-state index in [0.29, 0.717) is 9.83 Å². The van der Waals surface area contributed by atoms with Crippen LogP contribution in [0, 0.1) is 30.6 Å². The summed E-state index contributed by atoms with van der Waals surface area (Å²) in [6.45, 7) is 12.8. The largest absolute Gasteiger partial charge is 0.507 e. The lowest BCUT2D eigenvalue weighted by atomic mass is 9.78. The number of ether oxygens (including phenoxy) is 4. The first-order chi connectivity index (χ1) is 25.4. The number of fused-ring (bicyclic) bond motifs is 1. The summed E-state index contributed by atoms with van der Waals surface area (Å²) in [6, 6.07) is 0. The van der Waals surface area contributed by atoms with Gasteiger partial charge in [-0.15, -0.1) is 0 Å². The highest BCUT2D eigenvalue weighted by Gasteiger charge is 2.49. The van der Waals surface area contributed by atoms with Crippen LogP contribution in [0.2, 0.25) is 0 Å². The molecule has 0 fully saturated rings. The normalized spacial score (nSPS) is 29.6. The van der Waals surface area contributed by atoms with Crippen LogP contribution < -0.4 is 15.4 Å². The summed E-state index contributed by atoms with van der Waals surface area (Å²) < 4.78 is 24.0. The number of Topliss-reactive ketones (excluding diaryl/α,β-unsaturated/α-hetero) is 1. The summed E-state index contributed by atoms with van der Waals surface area (Å²) in [5, 5.41) is 52.2. The second-order valence-electron chi connectivity index (χ2n) is 14.3. The first-order valence-corrected chi connectivity index (χ1v) is 18.5. The molecule has 0 spiro atoms. The number of carbonyl (C=O) groups is 3. The number of amides is 1. The molecule has 3 heterocycles. The number of benzene rings is 2. The molecule has 15 heteroatoms.